The maximum Gasteiger partial charge on any atom is 0.182 e. The zero-order valence-electron chi connectivity index (χ0n) is 9.80. The van der Waals surface area contributed by atoms with E-state index in [9.17, 15) is 8.78 Å². The van der Waals surface area contributed by atoms with Gasteiger partial charge >= 0.3 is 0 Å². The van der Waals surface area contributed by atoms with E-state index in [2.05, 4.69) is 20.9 Å². The van der Waals surface area contributed by atoms with Crippen molar-refractivity contribution in [3.05, 3.63) is 44.9 Å². The van der Waals surface area contributed by atoms with E-state index in [-0.39, 0.29) is 16.1 Å². The molecule has 96 valence electrons. The number of halogens is 3. The second kappa shape index (κ2) is 4.93. The van der Waals surface area contributed by atoms with Gasteiger partial charge < -0.3 is 4.98 Å². The minimum absolute atomic E-state index is 0.168. The van der Waals surface area contributed by atoms with Gasteiger partial charge in [0.25, 0.3) is 0 Å². The largest absolute Gasteiger partial charge is 0.337 e. The Bertz CT molecular complexity index is 646. The number of hydrogen-bond donors (Lipinski definition) is 1. The summed E-state index contributed by atoms with van der Waals surface area (Å²) in [5.74, 6) is -1.11. The molecule has 0 spiro atoms. The zero-order chi connectivity index (χ0) is 13.4. The van der Waals surface area contributed by atoms with E-state index in [1.165, 1.54) is 6.07 Å². The van der Waals surface area contributed by atoms with Crippen LogP contribution in [0.4, 0.5) is 8.78 Å². The highest BCUT2D eigenvalue weighted by molar-refractivity contribution is 9.10. The quantitative estimate of drug-likeness (QED) is 0.624. The van der Waals surface area contributed by atoms with Crippen LogP contribution in [0.3, 0.4) is 0 Å². The number of benzene rings is 1. The van der Waals surface area contributed by atoms with Crippen LogP contribution in [0, 0.1) is 16.4 Å². The van der Waals surface area contributed by atoms with Crippen LogP contribution in [-0.2, 0) is 0 Å². The molecule has 2 rings (SSSR count). The first-order valence-electron chi connectivity index (χ1n) is 5.37. The standard InChI is InChI=1S/C12H11BrF2N2S/c1-6(2)11-5-16-12(18)17(11)10-3-7(13)8(14)4-9(10)15/h3-6H,1-2H3,(H,16,18). The fraction of sp³-hybridized carbons (Fsp3) is 0.250. The Morgan fingerprint density at radius 3 is 2.56 bits per heavy atom. The van der Waals surface area contributed by atoms with E-state index in [1.54, 1.807) is 10.8 Å². The van der Waals surface area contributed by atoms with Gasteiger partial charge in [-0.25, -0.2) is 8.78 Å². The molecule has 0 atom stereocenters. The average Bonchev–Trinajstić information content (AvgIpc) is 2.66. The maximum atomic E-state index is 13.9. The molecule has 0 fully saturated rings. The number of hydrogen-bond acceptors (Lipinski definition) is 1. The van der Waals surface area contributed by atoms with Crippen molar-refractivity contribution in [3.63, 3.8) is 0 Å². The predicted octanol–water partition coefficient (Wildman–Crippen LogP) is 4.70. The molecule has 1 aromatic carbocycles. The van der Waals surface area contributed by atoms with Crippen LogP contribution in [0.15, 0.2) is 22.8 Å². The summed E-state index contributed by atoms with van der Waals surface area (Å²) in [7, 11) is 0. The van der Waals surface area contributed by atoms with Gasteiger partial charge in [0, 0.05) is 18.0 Å². The van der Waals surface area contributed by atoms with Gasteiger partial charge in [0.2, 0.25) is 0 Å². The molecule has 0 radical (unpaired) electrons. The van der Waals surface area contributed by atoms with Crippen molar-refractivity contribution in [3.8, 4) is 5.69 Å². The van der Waals surface area contributed by atoms with Gasteiger partial charge in [-0.3, -0.25) is 4.57 Å². The highest BCUT2D eigenvalue weighted by Gasteiger charge is 2.15. The van der Waals surface area contributed by atoms with Crippen molar-refractivity contribution in [1.29, 1.82) is 0 Å². The van der Waals surface area contributed by atoms with E-state index < -0.39 is 11.6 Å². The number of nitrogens with zero attached hydrogens (tertiary/aromatic N) is 1. The summed E-state index contributed by atoms with van der Waals surface area (Å²) >= 11 is 8.19. The van der Waals surface area contributed by atoms with E-state index >= 15 is 0 Å². The lowest BCUT2D eigenvalue weighted by molar-refractivity contribution is 0.571. The molecular weight excluding hydrogens is 322 g/mol. The van der Waals surface area contributed by atoms with Crippen molar-refractivity contribution in [2.45, 2.75) is 19.8 Å². The molecule has 2 nitrogen and oxygen atoms in total. The Morgan fingerprint density at radius 1 is 1.28 bits per heavy atom. The minimum Gasteiger partial charge on any atom is -0.337 e. The third-order valence-corrected chi connectivity index (χ3v) is 3.54. The molecule has 0 saturated carbocycles. The van der Waals surface area contributed by atoms with Crippen LogP contribution >= 0.6 is 28.1 Å². The van der Waals surface area contributed by atoms with Gasteiger partial charge in [-0.1, -0.05) is 13.8 Å². The van der Waals surface area contributed by atoms with Gasteiger partial charge in [-0.15, -0.1) is 0 Å². The van der Waals surface area contributed by atoms with Crippen molar-refractivity contribution in [2.24, 2.45) is 0 Å². The van der Waals surface area contributed by atoms with Crippen LogP contribution in [0.1, 0.15) is 25.5 Å². The van der Waals surface area contributed by atoms with Crippen LogP contribution in [0.5, 0.6) is 0 Å². The lowest BCUT2D eigenvalue weighted by Gasteiger charge is -2.12. The number of imidazole rings is 1. The Morgan fingerprint density at radius 2 is 1.94 bits per heavy atom. The molecule has 1 heterocycles. The van der Waals surface area contributed by atoms with Crippen LogP contribution in [0.25, 0.3) is 5.69 Å². The zero-order valence-corrected chi connectivity index (χ0v) is 12.2. The lowest BCUT2D eigenvalue weighted by atomic mass is 10.1. The molecule has 0 unspecified atom stereocenters. The maximum absolute atomic E-state index is 13.9. The van der Waals surface area contributed by atoms with Gasteiger partial charge in [-0.2, -0.15) is 0 Å². The summed E-state index contributed by atoms with van der Waals surface area (Å²) < 4.78 is 29.3. The Kier molecular flexibility index (Phi) is 3.68. The van der Waals surface area contributed by atoms with Crippen LogP contribution in [-0.4, -0.2) is 9.55 Å². The molecular formula is C12H11BrF2N2S. The Labute approximate surface area is 117 Å². The van der Waals surface area contributed by atoms with Crippen molar-refractivity contribution in [1.82, 2.24) is 9.55 Å². The number of rotatable bonds is 2. The molecule has 2 aromatic rings. The van der Waals surface area contributed by atoms with E-state index in [0.29, 0.717) is 4.77 Å². The smallest absolute Gasteiger partial charge is 0.182 e. The summed E-state index contributed by atoms with van der Waals surface area (Å²) in [5.41, 5.74) is 1.08. The molecule has 0 aliphatic carbocycles. The molecule has 1 aromatic heterocycles. The third kappa shape index (κ3) is 2.27. The molecule has 0 aliphatic rings. The van der Waals surface area contributed by atoms with Crippen LogP contribution in [0.2, 0.25) is 0 Å². The monoisotopic (exact) mass is 332 g/mol. The minimum atomic E-state index is -0.645. The van der Waals surface area contributed by atoms with Gasteiger partial charge in [0.15, 0.2) is 4.77 Å². The molecule has 0 saturated heterocycles. The first kappa shape index (κ1) is 13.4. The summed E-state index contributed by atoms with van der Waals surface area (Å²) in [6.07, 6.45) is 1.74. The Hall–Kier alpha value is -1.01. The first-order valence-corrected chi connectivity index (χ1v) is 6.57. The predicted molar refractivity (Wildman–Crippen MR) is 72.7 cm³/mol. The van der Waals surface area contributed by atoms with Crippen molar-refractivity contribution in [2.75, 3.05) is 0 Å². The summed E-state index contributed by atoms with van der Waals surface area (Å²) in [4.78, 5) is 2.88. The SMILES string of the molecule is CC(C)c1c[nH]c(=S)n1-c1cc(Br)c(F)cc1F. The van der Waals surface area contributed by atoms with Crippen molar-refractivity contribution >= 4 is 28.1 Å². The first-order chi connectivity index (χ1) is 8.41. The Balaban J connectivity index is 2.73. The van der Waals surface area contributed by atoms with E-state index in [4.69, 9.17) is 12.2 Å². The van der Waals surface area contributed by atoms with Crippen LogP contribution < -0.4 is 0 Å². The lowest BCUT2D eigenvalue weighted by Crippen LogP contribution is -2.05. The molecule has 6 heteroatoms. The fourth-order valence-electron chi connectivity index (χ4n) is 1.74. The van der Waals surface area contributed by atoms with Crippen molar-refractivity contribution < 1.29 is 8.78 Å². The highest BCUT2D eigenvalue weighted by Crippen LogP contribution is 2.26. The summed E-state index contributed by atoms with van der Waals surface area (Å²) in [5, 5.41) is 0. The summed E-state index contributed by atoms with van der Waals surface area (Å²) in [6, 6.07) is 2.23. The number of aromatic amines is 1. The second-order valence-corrected chi connectivity index (χ2v) is 5.47. The second-order valence-electron chi connectivity index (χ2n) is 4.23. The molecule has 0 amide bonds. The molecule has 0 aliphatic heterocycles. The molecule has 1 N–H and O–H groups in total. The average molecular weight is 333 g/mol. The van der Waals surface area contributed by atoms with Gasteiger partial charge in [0.05, 0.1) is 10.2 Å². The van der Waals surface area contributed by atoms with Gasteiger partial charge in [0.1, 0.15) is 11.6 Å². The van der Waals surface area contributed by atoms with Gasteiger partial charge in [-0.05, 0) is 40.1 Å². The highest BCUT2D eigenvalue weighted by atomic mass is 79.9. The molecule has 18 heavy (non-hydrogen) atoms. The fourth-order valence-corrected chi connectivity index (χ4v) is 2.33. The molecule has 0 bridgehead atoms. The normalized spacial score (nSPS) is 11.2. The number of aromatic nitrogens is 2. The topological polar surface area (TPSA) is 20.7 Å². The van der Waals surface area contributed by atoms with E-state index in [0.717, 1.165) is 11.8 Å². The summed E-state index contributed by atoms with van der Waals surface area (Å²) in [6.45, 7) is 3.95. The number of H-pyrrole nitrogens is 1. The number of nitrogens with one attached hydrogen (secondary N) is 1. The van der Waals surface area contributed by atoms with E-state index in [1.807, 2.05) is 13.8 Å². The third-order valence-electron chi connectivity index (χ3n) is 2.63.